The highest BCUT2D eigenvalue weighted by atomic mass is 16.5. The minimum Gasteiger partial charge on any atom is -0.466 e. The number of ether oxygens (including phenoxy) is 1. The van der Waals surface area contributed by atoms with Gasteiger partial charge in [0, 0.05) is 23.7 Å². The molecular weight excluding hydrogens is 408 g/mol. The summed E-state index contributed by atoms with van der Waals surface area (Å²) >= 11 is 0. The molecule has 32 heavy (non-hydrogen) atoms. The van der Waals surface area contributed by atoms with Crippen LogP contribution in [0.4, 0.5) is 5.88 Å². The Balaban J connectivity index is 1.53. The number of hydrogen-bond acceptors (Lipinski definition) is 6. The van der Waals surface area contributed by atoms with E-state index in [0.717, 1.165) is 11.3 Å². The van der Waals surface area contributed by atoms with Crippen molar-refractivity contribution < 1.29 is 18.8 Å². The van der Waals surface area contributed by atoms with Crippen LogP contribution in [-0.2, 0) is 22.4 Å². The van der Waals surface area contributed by atoms with Gasteiger partial charge in [0.1, 0.15) is 0 Å². The second kappa shape index (κ2) is 11.5. The summed E-state index contributed by atoms with van der Waals surface area (Å²) in [5, 5.41) is 6.84. The quantitative estimate of drug-likeness (QED) is 0.218. The summed E-state index contributed by atoms with van der Waals surface area (Å²) in [6.45, 7) is 2.41. The van der Waals surface area contributed by atoms with Crippen molar-refractivity contribution in [2.45, 2.75) is 26.2 Å². The van der Waals surface area contributed by atoms with Crippen molar-refractivity contribution in [2.75, 3.05) is 13.2 Å². The second-order valence-electron chi connectivity index (χ2n) is 7.03. The van der Waals surface area contributed by atoms with Crippen molar-refractivity contribution in [1.29, 1.82) is 0 Å². The lowest BCUT2D eigenvalue weighted by atomic mass is 9.99. The summed E-state index contributed by atoms with van der Waals surface area (Å²) < 4.78 is 10.1. The number of aromatic nitrogens is 1. The molecule has 0 aliphatic carbocycles. The number of rotatable bonds is 10. The first-order chi connectivity index (χ1) is 15.5. The number of aryl methyl sites for hydroxylation is 2. The van der Waals surface area contributed by atoms with E-state index in [1.807, 2.05) is 54.6 Å². The number of nitrogens with zero attached hydrogens (tertiary/aromatic N) is 2. The van der Waals surface area contributed by atoms with Gasteiger partial charge in [0.15, 0.2) is 11.7 Å². The average Bonchev–Trinajstić information content (AvgIpc) is 3.25. The van der Waals surface area contributed by atoms with Crippen LogP contribution in [-0.4, -0.2) is 36.0 Å². The van der Waals surface area contributed by atoms with E-state index in [4.69, 9.17) is 15.0 Å². The third kappa shape index (κ3) is 6.80. The fourth-order valence-corrected chi connectivity index (χ4v) is 3.05. The van der Waals surface area contributed by atoms with Crippen molar-refractivity contribution in [2.24, 2.45) is 10.7 Å². The summed E-state index contributed by atoms with van der Waals surface area (Å²) in [7, 11) is 0. The minimum absolute atomic E-state index is 0.00330. The zero-order chi connectivity index (χ0) is 22.8. The first kappa shape index (κ1) is 22.7. The fourth-order valence-electron chi connectivity index (χ4n) is 3.05. The van der Waals surface area contributed by atoms with Crippen molar-refractivity contribution in [3.63, 3.8) is 0 Å². The SMILES string of the molecule is CCOC(=O)CCNC(N)=Nc1cc(CCc2cccc(C(=O)c3ccccc3)c2)no1. The van der Waals surface area contributed by atoms with Gasteiger partial charge in [-0.3, -0.25) is 9.59 Å². The highest BCUT2D eigenvalue weighted by Crippen LogP contribution is 2.17. The monoisotopic (exact) mass is 434 g/mol. The molecule has 0 fully saturated rings. The predicted octanol–water partition coefficient (Wildman–Crippen LogP) is 3.18. The van der Waals surface area contributed by atoms with Gasteiger partial charge in [-0.1, -0.05) is 53.7 Å². The van der Waals surface area contributed by atoms with E-state index in [-0.39, 0.29) is 30.0 Å². The second-order valence-corrected chi connectivity index (χ2v) is 7.03. The Labute approximate surface area is 186 Å². The Morgan fingerprint density at radius 2 is 1.84 bits per heavy atom. The Hall–Kier alpha value is -3.94. The number of esters is 1. The number of carbonyl (C=O) groups is 2. The van der Waals surface area contributed by atoms with Crippen LogP contribution in [0.1, 0.15) is 40.5 Å². The third-order valence-electron chi connectivity index (χ3n) is 4.61. The first-order valence-electron chi connectivity index (χ1n) is 10.4. The smallest absolute Gasteiger partial charge is 0.307 e. The molecular formula is C24H26N4O4. The molecule has 8 nitrogen and oxygen atoms in total. The number of ketones is 1. The molecule has 8 heteroatoms. The maximum atomic E-state index is 12.6. The average molecular weight is 434 g/mol. The molecule has 3 N–H and O–H groups in total. The Morgan fingerprint density at radius 3 is 2.62 bits per heavy atom. The van der Waals surface area contributed by atoms with E-state index in [2.05, 4.69) is 15.5 Å². The summed E-state index contributed by atoms with van der Waals surface area (Å²) in [6.07, 6.45) is 1.51. The van der Waals surface area contributed by atoms with Crippen LogP contribution in [0.5, 0.6) is 0 Å². The molecule has 0 aliphatic rings. The number of guanidine groups is 1. The Morgan fingerprint density at radius 1 is 1.06 bits per heavy atom. The number of nitrogens with one attached hydrogen (secondary N) is 1. The molecule has 0 saturated carbocycles. The van der Waals surface area contributed by atoms with Crippen LogP contribution in [0.25, 0.3) is 0 Å². The van der Waals surface area contributed by atoms with Crippen LogP contribution in [0.15, 0.2) is 70.2 Å². The number of hydrogen-bond donors (Lipinski definition) is 2. The zero-order valence-corrected chi connectivity index (χ0v) is 17.9. The van der Waals surface area contributed by atoms with Gasteiger partial charge in [0.05, 0.1) is 18.7 Å². The van der Waals surface area contributed by atoms with Crippen LogP contribution < -0.4 is 11.1 Å². The van der Waals surface area contributed by atoms with Crippen molar-refractivity contribution in [1.82, 2.24) is 10.5 Å². The van der Waals surface area contributed by atoms with Crippen LogP contribution in [0, 0.1) is 0 Å². The van der Waals surface area contributed by atoms with Gasteiger partial charge in [-0.05, 0) is 31.4 Å². The fraction of sp³-hybridized carbons (Fsp3) is 0.250. The largest absolute Gasteiger partial charge is 0.466 e. The summed E-state index contributed by atoms with van der Waals surface area (Å²) in [5.74, 6) is 0.0963. The van der Waals surface area contributed by atoms with E-state index in [9.17, 15) is 9.59 Å². The molecule has 0 radical (unpaired) electrons. The van der Waals surface area contributed by atoms with E-state index >= 15 is 0 Å². The summed E-state index contributed by atoms with van der Waals surface area (Å²) in [6, 6.07) is 18.5. The van der Waals surface area contributed by atoms with Gasteiger partial charge in [-0.25, -0.2) is 0 Å². The van der Waals surface area contributed by atoms with Gasteiger partial charge < -0.3 is 20.3 Å². The molecule has 0 atom stereocenters. The molecule has 0 unspecified atom stereocenters. The third-order valence-corrected chi connectivity index (χ3v) is 4.61. The number of carbonyl (C=O) groups excluding carboxylic acids is 2. The molecule has 0 saturated heterocycles. The van der Waals surface area contributed by atoms with Crippen LogP contribution in [0.2, 0.25) is 0 Å². The van der Waals surface area contributed by atoms with Crippen molar-refractivity contribution >= 4 is 23.6 Å². The molecule has 1 heterocycles. The Kier molecular flexibility index (Phi) is 8.14. The molecule has 3 rings (SSSR count). The lowest BCUT2D eigenvalue weighted by Gasteiger charge is -2.04. The van der Waals surface area contributed by atoms with Gasteiger partial charge in [-0.2, -0.15) is 4.99 Å². The first-order valence-corrected chi connectivity index (χ1v) is 10.4. The van der Waals surface area contributed by atoms with Gasteiger partial charge in [-0.15, -0.1) is 0 Å². The highest BCUT2D eigenvalue weighted by Gasteiger charge is 2.10. The normalized spacial score (nSPS) is 11.2. The molecule has 166 valence electrons. The topological polar surface area (TPSA) is 120 Å². The lowest BCUT2D eigenvalue weighted by Crippen LogP contribution is -2.33. The molecule has 2 aromatic carbocycles. The molecule has 0 bridgehead atoms. The molecule has 0 amide bonds. The highest BCUT2D eigenvalue weighted by molar-refractivity contribution is 6.09. The molecule has 3 aromatic rings. The number of aliphatic imine (C=N–C) groups is 1. The standard InChI is InChI=1S/C24H26N4O4/c1-2-31-22(29)13-14-26-24(25)27-21-16-20(28-32-21)12-11-17-7-6-10-19(15-17)23(30)18-8-4-3-5-9-18/h3-10,15-16H,2,11-14H2,1H3,(H3,25,26,27). The van der Waals surface area contributed by atoms with Crippen LogP contribution in [0.3, 0.4) is 0 Å². The zero-order valence-electron chi connectivity index (χ0n) is 17.9. The van der Waals surface area contributed by atoms with Gasteiger partial charge in [0.2, 0.25) is 0 Å². The number of benzene rings is 2. The number of nitrogens with two attached hydrogens (primary N) is 1. The maximum Gasteiger partial charge on any atom is 0.307 e. The van der Waals surface area contributed by atoms with Crippen molar-refractivity contribution in [3.05, 3.63) is 83.0 Å². The van der Waals surface area contributed by atoms with Crippen molar-refractivity contribution in [3.8, 4) is 0 Å². The molecule has 0 aliphatic heterocycles. The summed E-state index contributed by atoms with van der Waals surface area (Å²) in [5.41, 5.74) is 8.87. The lowest BCUT2D eigenvalue weighted by molar-refractivity contribution is -0.142. The van der Waals surface area contributed by atoms with Gasteiger partial charge in [0.25, 0.3) is 5.88 Å². The minimum atomic E-state index is -0.302. The predicted molar refractivity (Wildman–Crippen MR) is 121 cm³/mol. The molecule has 1 aromatic heterocycles. The van der Waals surface area contributed by atoms with E-state index < -0.39 is 0 Å². The maximum absolute atomic E-state index is 12.6. The summed E-state index contributed by atoms with van der Waals surface area (Å²) in [4.78, 5) is 28.1. The van der Waals surface area contributed by atoms with Gasteiger partial charge >= 0.3 is 5.97 Å². The van der Waals surface area contributed by atoms with Crippen LogP contribution >= 0.6 is 0 Å². The van der Waals surface area contributed by atoms with E-state index in [1.165, 1.54) is 0 Å². The Bertz CT molecular complexity index is 1080. The van der Waals surface area contributed by atoms with E-state index in [0.29, 0.717) is 37.1 Å². The van der Waals surface area contributed by atoms with E-state index in [1.54, 1.807) is 13.0 Å². The molecule has 0 spiro atoms.